The van der Waals surface area contributed by atoms with Gasteiger partial charge < -0.3 is 5.73 Å². The Morgan fingerprint density at radius 3 is 2.86 bits per heavy atom. The largest absolute Gasteiger partial charge is 0.384 e. The molecule has 2 heterocycles. The number of nitrogens with two attached hydrogens (primary N) is 1. The van der Waals surface area contributed by atoms with Crippen LogP contribution in [-0.4, -0.2) is 20.2 Å². The van der Waals surface area contributed by atoms with Crippen molar-refractivity contribution in [3.63, 3.8) is 0 Å². The summed E-state index contributed by atoms with van der Waals surface area (Å²) in [7, 11) is 0. The van der Waals surface area contributed by atoms with E-state index >= 15 is 0 Å². The summed E-state index contributed by atoms with van der Waals surface area (Å²) in [4.78, 5) is 8.38. The van der Waals surface area contributed by atoms with Crippen LogP contribution in [0.3, 0.4) is 0 Å². The number of nitrogens with one attached hydrogen (secondary N) is 1. The average molecular weight is 189 g/mol. The predicted molar refractivity (Wildman–Crippen MR) is 53.4 cm³/mol. The Balaban J connectivity index is 2.39. The molecule has 0 unspecified atom stereocenters. The normalized spacial score (nSPS) is 10.4. The number of rotatable bonds is 2. The second-order valence-electron chi connectivity index (χ2n) is 2.91. The monoisotopic (exact) mass is 189 g/mol. The summed E-state index contributed by atoms with van der Waals surface area (Å²) in [5.74, 6) is 1.92. The fourth-order valence-electron chi connectivity index (χ4n) is 1.14. The topological polar surface area (TPSA) is 80.5 Å². The molecule has 0 aliphatic carbocycles. The zero-order valence-electron chi connectivity index (χ0n) is 7.86. The Morgan fingerprint density at radius 1 is 1.36 bits per heavy atom. The highest BCUT2D eigenvalue weighted by Crippen LogP contribution is 2.12. The van der Waals surface area contributed by atoms with E-state index in [1.54, 1.807) is 6.07 Å². The van der Waals surface area contributed by atoms with Crippen molar-refractivity contribution < 1.29 is 0 Å². The highest BCUT2D eigenvalue weighted by molar-refractivity contribution is 5.51. The Bertz CT molecular complexity index is 434. The number of hydrogen-bond donors (Lipinski definition) is 2. The van der Waals surface area contributed by atoms with E-state index in [0.29, 0.717) is 17.3 Å². The molecule has 0 saturated carbocycles. The molecular formula is C9H11N5. The number of nitrogen functional groups attached to an aromatic ring is 1. The van der Waals surface area contributed by atoms with Gasteiger partial charge in [-0.05, 0) is 12.1 Å². The molecule has 2 aromatic heterocycles. The van der Waals surface area contributed by atoms with Crippen LogP contribution in [0.5, 0.6) is 0 Å². The molecule has 2 aromatic rings. The van der Waals surface area contributed by atoms with Crippen molar-refractivity contribution in [1.29, 1.82) is 0 Å². The highest BCUT2D eigenvalue weighted by atomic mass is 15.2. The minimum Gasteiger partial charge on any atom is -0.384 e. The Labute approximate surface area is 81.4 Å². The molecule has 72 valence electrons. The first-order chi connectivity index (χ1) is 6.79. The number of aryl methyl sites for hydroxylation is 1. The molecule has 0 spiro atoms. The van der Waals surface area contributed by atoms with Crippen molar-refractivity contribution in [3.05, 3.63) is 24.0 Å². The van der Waals surface area contributed by atoms with E-state index < -0.39 is 0 Å². The lowest BCUT2D eigenvalue weighted by Crippen LogP contribution is -1.92. The third-order valence-electron chi connectivity index (χ3n) is 1.87. The van der Waals surface area contributed by atoms with E-state index in [2.05, 4.69) is 20.2 Å². The molecule has 5 heteroatoms. The van der Waals surface area contributed by atoms with Crippen LogP contribution >= 0.6 is 0 Å². The van der Waals surface area contributed by atoms with E-state index in [-0.39, 0.29) is 0 Å². The molecule has 0 aliphatic heterocycles. The van der Waals surface area contributed by atoms with Gasteiger partial charge >= 0.3 is 0 Å². The molecule has 3 N–H and O–H groups in total. The van der Waals surface area contributed by atoms with Gasteiger partial charge in [-0.1, -0.05) is 13.0 Å². The third kappa shape index (κ3) is 1.56. The molecule has 5 nitrogen and oxygen atoms in total. The van der Waals surface area contributed by atoms with Crippen molar-refractivity contribution in [3.8, 4) is 11.5 Å². The lowest BCUT2D eigenvalue weighted by molar-refractivity contribution is 0.946. The number of nitrogens with zero attached hydrogens (tertiary/aromatic N) is 3. The smallest absolute Gasteiger partial charge is 0.199 e. The van der Waals surface area contributed by atoms with Gasteiger partial charge in [-0.25, -0.2) is 9.97 Å². The first kappa shape index (κ1) is 8.68. The van der Waals surface area contributed by atoms with Crippen LogP contribution in [0, 0.1) is 0 Å². The number of pyridine rings is 1. The summed E-state index contributed by atoms with van der Waals surface area (Å²) >= 11 is 0. The van der Waals surface area contributed by atoms with Crippen molar-refractivity contribution in [1.82, 2.24) is 20.2 Å². The van der Waals surface area contributed by atoms with Crippen molar-refractivity contribution >= 4 is 5.82 Å². The van der Waals surface area contributed by atoms with Crippen molar-refractivity contribution in [2.24, 2.45) is 0 Å². The van der Waals surface area contributed by atoms with Crippen LogP contribution in [-0.2, 0) is 6.42 Å². The molecule has 0 saturated heterocycles. The molecule has 0 atom stereocenters. The van der Waals surface area contributed by atoms with Crippen LogP contribution in [0.1, 0.15) is 12.7 Å². The molecule has 2 rings (SSSR count). The Morgan fingerprint density at radius 2 is 2.21 bits per heavy atom. The first-order valence-electron chi connectivity index (χ1n) is 4.43. The minimum absolute atomic E-state index is 0.477. The molecular weight excluding hydrogens is 178 g/mol. The van der Waals surface area contributed by atoms with Gasteiger partial charge in [0, 0.05) is 6.42 Å². The summed E-state index contributed by atoms with van der Waals surface area (Å²) in [6.07, 6.45) is 0.829. The zero-order valence-corrected chi connectivity index (χ0v) is 7.86. The highest BCUT2D eigenvalue weighted by Gasteiger charge is 2.05. The van der Waals surface area contributed by atoms with Gasteiger partial charge in [-0.3, -0.25) is 5.10 Å². The second-order valence-corrected chi connectivity index (χ2v) is 2.91. The summed E-state index contributed by atoms with van der Waals surface area (Å²) in [5.41, 5.74) is 6.25. The maximum atomic E-state index is 5.56. The minimum atomic E-state index is 0.477. The first-order valence-corrected chi connectivity index (χ1v) is 4.43. The maximum absolute atomic E-state index is 5.56. The van der Waals surface area contributed by atoms with E-state index in [0.717, 1.165) is 12.2 Å². The molecule has 14 heavy (non-hydrogen) atoms. The molecule has 0 fully saturated rings. The predicted octanol–water partition coefficient (Wildman–Crippen LogP) is 1.01. The lowest BCUT2D eigenvalue weighted by atomic mass is 10.3. The molecule has 0 aliphatic rings. The molecule has 0 radical (unpaired) electrons. The quantitative estimate of drug-likeness (QED) is 0.738. The number of aromatic amines is 1. The van der Waals surface area contributed by atoms with Crippen molar-refractivity contribution in [2.45, 2.75) is 13.3 Å². The summed E-state index contributed by atoms with van der Waals surface area (Å²) in [5, 5.41) is 6.88. The number of aromatic nitrogens is 4. The summed E-state index contributed by atoms with van der Waals surface area (Å²) in [6, 6.07) is 5.40. The molecule has 0 aromatic carbocycles. The van der Waals surface area contributed by atoms with E-state index in [4.69, 9.17) is 5.73 Å². The van der Waals surface area contributed by atoms with Gasteiger partial charge in [0.05, 0.1) is 0 Å². The van der Waals surface area contributed by atoms with Gasteiger partial charge in [0.15, 0.2) is 5.82 Å². The van der Waals surface area contributed by atoms with Crippen LogP contribution in [0.4, 0.5) is 5.82 Å². The van der Waals surface area contributed by atoms with Gasteiger partial charge in [-0.15, -0.1) is 0 Å². The summed E-state index contributed by atoms with van der Waals surface area (Å²) in [6.45, 7) is 2.01. The van der Waals surface area contributed by atoms with Crippen LogP contribution in [0.15, 0.2) is 18.2 Å². The van der Waals surface area contributed by atoms with E-state index in [1.165, 1.54) is 0 Å². The number of H-pyrrole nitrogens is 1. The van der Waals surface area contributed by atoms with Gasteiger partial charge in [0.1, 0.15) is 17.3 Å². The Hall–Kier alpha value is -1.91. The maximum Gasteiger partial charge on any atom is 0.199 e. The molecule has 0 amide bonds. The second kappa shape index (κ2) is 3.45. The third-order valence-corrected chi connectivity index (χ3v) is 1.87. The number of anilines is 1. The van der Waals surface area contributed by atoms with Gasteiger partial charge in [0.25, 0.3) is 0 Å². The van der Waals surface area contributed by atoms with Crippen molar-refractivity contribution in [2.75, 3.05) is 5.73 Å². The Kier molecular flexibility index (Phi) is 2.14. The van der Waals surface area contributed by atoms with Crippen LogP contribution < -0.4 is 5.73 Å². The lowest BCUT2D eigenvalue weighted by Gasteiger charge is -1.94. The van der Waals surface area contributed by atoms with Gasteiger partial charge in [0.2, 0.25) is 0 Å². The van der Waals surface area contributed by atoms with E-state index in [1.807, 2.05) is 19.1 Å². The average Bonchev–Trinajstić information content (AvgIpc) is 2.66. The fraction of sp³-hybridized carbons (Fsp3) is 0.222. The molecule has 0 bridgehead atoms. The number of hydrogen-bond acceptors (Lipinski definition) is 4. The van der Waals surface area contributed by atoms with Crippen LogP contribution in [0.2, 0.25) is 0 Å². The zero-order chi connectivity index (χ0) is 9.97. The standard InChI is InChI=1S/C9H11N5/c1-2-8-12-9(14-13-8)6-4-3-5-7(10)11-6/h3-5H,2H2,1H3,(H2,10,11)(H,12,13,14). The SMILES string of the molecule is CCc1nc(-c2cccc(N)n2)n[nH]1. The van der Waals surface area contributed by atoms with Gasteiger partial charge in [-0.2, -0.15) is 5.10 Å². The summed E-state index contributed by atoms with van der Waals surface area (Å²) < 4.78 is 0. The van der Waals surface area contributed by atoms with E-state index in [9.17, 15) is 0 Å². The van der Waals surface area contributed by atoms with Crippen LogP contribution in [0.25, 0.3) is 11.5 Å². The fourth-order valence-corrected chi connectivity index (χ4v) is 1.14.